The number of ketones is 1. The maximum atomic E-state index is 11.9. The molecule has 0 aromatic carbocycles. The highest BCUT2D eigenvalue weighted by Gasteiger charge is 2.12. The number of thiazole rings is 1. The van der Waals surface area contributed by atoms with Gasteiger partial charge in [0.25, 0.3) is 0 Å². The maximum absolute atomic E-state index is 11.9. The molecule has 2 nitrogen and oxygen atoms in total. The van der Waals surface area contributed by atoms with Crippen molar-refractivity contribution in [3.63, 3.8) is 0 Å². The molecule has 0 unspecified atom stereocenters. The zero-order valence-corrected chi connectivity index (χ0v) is 11.3. The summed E-state index contributed by atoms with van der Waals surface area (Å²) >= 11 is 1.53. The molecule has 0 amide bonds. The summed E-state index contributed by atoms with van der Waals surface area (Å²) in [4.78, 5) is 17.0. The number of hydrogen-bond acceptors (Lipinski definition) is 3. The Morgan fingerprint density at radius 3 is 2.44 bits per heavy atom. The fourth-order valence-corrected chi connectivity index (χ4v) is 2.68. The predicted molar refractivity (Wildman–Crippen MR) is 69.3 cm³/mol. The van der Waals surface area contributed by atoms with Crippen molar-refractivity contribution >= 4 is 17.1 Å². The van der Waals surface area contributed by atoms with Crippen molar-refractivity contribution < 1.29 is 4.79 Å². The lowest BCUT2D eigenvalue weighted by Gasteiger charge is -1.99. The highest BCUT2D eigenvalue weighted by Crippen LogP contribution is 2.20. The number of aromatic nitrogens is 1. The molecule has 16 heavy (non-hydrogen) atoms. The first-order valence-electron chi connectivity index (χ1n) is 6.12. The summed E-state index contributed by atoms with van der Waals surface area (Å²) in [5, 5.41) is 0.992. The van der Waals surface area contributed by atoms with Gasteiger partial charge >= 0.3 is 0 Å². The molecular formula is C13H21NOS. The minimum absolute atomic E-state index is 0.277. The van der Waals surface area contributed by atoms with Crippen LogP contribution >= 0.6 is 11.3 Å². The van der Waals surface area contributed by atoms with Crippen LogP contribution in [-0.2, 0) is 0 Å². The van der Waals surface area contributed by atoms with E-state index in [0.29, 0.717) is 6.42 Å². The number of aryl methyl sites for hydroxylation is 2. The van der Waals surface area contributed by atoms with Crippen molar-refractivity contribution in [1.29, 1.82) is 0 Å². The van der Waals surface area contributed by atoms with Gasteiger partial charge in [0.05, 0.1) is 15.6 Å². The quantitative estimate of drug-likeness (QED) is 0.524. The Kier molecular flexibility index (Phi) is 5.67. The van der Waals surface area contributed by atoms with Gasteiger partial charge in [-0.1, -0.05) is 32.6 Å². The molecule has 0 aliphatic carbocycles. The first kappa shape index (κ1) is 13.4. The standard InChI is InChI=1S/C13H21NOS/c1-4-5-6-7-8-9-12(15)13-10(2)14-11(3)16-13/h4-9H2,1-3H3. The Balaban J connectivity index is 2.33. The van der Waals surface area contributed by atoms with Crippen molar-refractivity contribution in [3.8, 4) is 0 Å². The number of Topliss-reactive ketones (excluding diaryl/α,β-unsaturated/α-hetero) is 1. The topological polar surface area (TPSA) is 30.0 Å². The van der Waals surface area contributed by atoms with Gasteiger partial charge in [-0.3, -0.25) is 4.79 Å². The Morgan fingerprint density at radius 2 is 1.88 bits per heavy atom. The van der Waals surface area contributed by atoms with Crippen LogP contribution in [0.4, 0.5) is 0 Å². The minimum Gasteiger partial charge on any atom is -0.293 e. The van der Waals surface area contributed by atoms with E-state index in [-0.39, 0.29) is 5.78 Å². The van der Waals surface area contributed by atoms with Gasteiger partial charge in [0.15, 0.2) is 5.78 Å². The first-order chi connectivity index (χ1) is 7.65. The van der Waals surface area contributed by atoms with Crippen molar-refractivity contribution in [2.45, 2.75) is 59.3 Å². The molecule has 1 rings (SSSR count). The molecule has 0 radical (unpaired) electrons. The van der Waals surface area contributed by atoms with Crippen molar-refractivity contribution in [1.82, 2.24) is 4.98 Å². The van der Waals surface area contributed by atoms with Crippen LogP contribution in [0, 0.1) is 13.8 Å². The van der Waals surface area contributed by atoms with Crippen LogP contribution in [0.15, 0.2) is 0 Å². The molecule has 0 saturated carbocycles. The third-order valence-corrected chi connectivity index (χ3v) is 3.78. The van der Waals surface area contributed by atoms with Crippen LogP contribution < -0.4 is 0 Å². The monoisotopic (exact) mass is 239 g/mol. The van der Waals surface area contributed by atoms with E-state index in [1.54, 1.807) is 0 Å². The van der Waals surface area contributed by atoms with Crippen LogP contribution in [0.3, 0.4) is 0 Å². The fraction of sp³-hybridized carbons (Fsp3) is 0.692. The van der Waals surface area contributed by atoms with Gasteiger partial charge in [-0.2, -0.15) is 0 Å². The Bertz CT molecular complexity index is 344. The Labute approximate surface area is 102 Å². The Hall–Kier alpha value is -0.700. The van der Waals surface area contributed by atoms with E-state index >= 15 is 0 Å². The van der Waals surface area contributed by atoms with Gasteiger partial charge in [-0.05, 0) is 20.3 Å². The molecule has 0 spiro atoms. The summed E-state index contributed by atoms with van der Waals surface area (Å²) in [7, 11) is 0. The van der Waals surface area contributed by atoms with Gasteiger partial charge in [-0.15, -0.1) is 11.3 Å². The van der Waals surface area contributed by atoms with Crippen LogP contribution in [0.25, 0.3) is 0 Å². The van der Waals surface area contributed by atoms with E-state index in [4.69, 9.17) is 0 Å². The lowest BCUT2D eigenvalue weighted by atomic mass is 10.1. The summed E-state index contributed by atoms with van der Waals surface area (Å²) in [5.74, 6) is 0.277. The average molecular weight is 239 g/mol. The molecule has 90 valence electrons. The largest absolute Gasteiger partial charge is 0.293 e. The normalized spacial score (nSPS) is 10.7. The molecule has 3 heteroatoms. The molecule has 1 heterocycles. The smallest absolute Gasteiger partial charge is 0.174 e. The van der Waals surface area contributed by atoms with Crippen molar-refractivity contribution in [2.75, 3.05) is 0 Å². The van der Waals surface area contributed by atoms with Crippen LogP contribution in [0.2, 0.25) is 0 Å². The first-order valence-corrected chi connectivity index (χ1v) is 6.94. The maximum Gasteiger partial charge on any atom is 0.174 e. The second-order valence-electron chi connectivity index (χ2n) is 4.23. The summed E-state index contributed by atoms with van der Waals surface area (Å²) in [5.41, 5.74) is 0.904. The van der Waals surface area contributed by atoms with Gasteiger partial charge < -0.3 is 0 Å². The molecule has 0 atom stereocenters. The van der Waals surface area contributed by atoms with E-state index < -0.39 is 0 Å². The van der Waals surface area contributed by atoms with Gasteiger partial charge in [0.1, 0.15) is 0 Å². The lowest BCUT2D eigenvalue weighted by Crippen LogP contribution is -1.98. The zero-order chi connectivity index (χ0) is 12.0. The van der Waals surface area contributed by atoms with E-state index in [1.165, 1.54) is 37.0 Å². The zero-order valence-electron chi connectivity index (χ0n) is 10.5. The number of unbranched alkanes of at least 4 members (excludes halogenated alkanes) is 4. The SMILES string of the molecule is CCCCCCCC(=O)c1sc(C)nc1C. The molecule has 0 N–H and O–H groups in total. The predicted octanol–water partition coefficient (Wildman–Crippen LogP) is 4.30. The number of rotatable bonds is 7. The highest BCUT2D eigenvalue weighted by atomic mass is 32.1. The van der Waals surface area contributed by atoms with E-state index in [1.807, 2.05) is 13.8 Å². The van der Waals surface area contributed by atoms with E-state index in [2.05, 4.69) is 11.9 Å². The van der Waals surface area contributed by atoms with E-state index in [9.17, 15) is 4.79 Å². The van der Waals surface area contributed by atoms with Crippen molar-refractivity contribution in [2.24, 2.45) is 0 Å². The summed E-state index contributed by atoms with van der Waals surface area (Å²) in [6.45, 7) is 6.08. The molecular weight excluding hydrogens is 218 g/mol. The number of nitrogens with zero attached hydrogens (tertiary/aromatic N) is 1. The lowest BCUT2D eigenvalue weighted by molar-refractivity contribution is 0.0982. The van der Waals surface area contributed by atoms with Crippen LogP contribution in [0.5, 0.6) is 0 Å². The minimum atomic E-state index is 0.277. The van der Waals surface area contributed by atoms with Gasteiger partial charge in [0, 0.05) is 6.42 Å². The second-order valence-corrected chi connectivity index (χ2v) is 5.44. The fourth-order valence-electron chi connectivity index (χ4n) is 1.79. The third kappa shape index (κ3) is 4.05. The van der Waals surface area contributed by atoms with Crippen LogP contribution in [0.1, 0.15) is 65.8 Å². The molecule has 1 aromatic rings. The summed E-state index contributed by atoms with van der Waals surface area (Å²) in [6, 6.07) is 0. The molecule has 0 aliphatic heterocycles. The molecule has 0 bridgehead atoms. The number of carbonyl (C=O) groups is 1. The highest BCUT2D eigenvalue weighted by molar-refractivity contribution is 7.13. The van der Waals surface area contributed by atoms with Crippen LogP contribution in [-0.4, -0.2) is 10.8 Å². The number of carbonyl (C=O) groups excluding carboxylic acids is 1. The number of hydrogen-bond donors (Lipinski definition) is 0. The molecule has 1 aromatic heterocycles. The molecule has 0 fully saturated rings. The summed E-state index contributed by atoms with van der Waals surface area (Å²) < 4.78 is 0. The molecule has 0 aliphatic rings. The Morgan fingerprint density at radius 1 is 1.19 bits per heavy atom. The average Bonchev–Trinajstić information content (AvgIpc) is 2.57. The van der Waals surface area contributed by atoms with Crippen molar-refractivity contribution in [3.05, 3.63) is 15.6 Å². The van der Waals surface area contributed by atoms with E-state index in [0.717, 1.165) is 22.0 Å². The third-order valence-electron chi connectivity index (χ3n) is 2.66. The molecule has 0 saturated heterocycles. The van der Waals surface area contributed by atoms with Gasteiger partial charge in [-0.25, -0.2) is 4.98 Å². The summed E-state index contributed by atoms with van der Waals surface area (Å²) in [6.07, 6.45) is 6.68. The van der Waals surface area contributed by atoms with Gasteiger partial charge in [0.2, 0.25) is 0 Å². The second kappa shape index (κ2) is 6.79.